The van der Waals surface area contributed by atoms with E-state index in [9.17, 15) is 22.8 Å². The van der Waals surface area contributed by atoms with Gasteiger partial charge in [0.15, 0.2) is 5.65 Å². The van der Waals surface area contributed by atoms with Crippen LogP contribution in [0.15, 0.2) is 42.7 Å². The molecular formula is C21H20F3N5O3. The molecule has 11 heteroatoms. The van der Waals surface area contributed by atoms with Crippen LogP contribution in [0.4, 0.5) is 24.5 Å². The van der Waals surface area contributed by atoms with Gasteiger partial charge in [-0.2, -0.15) is 5.10 Å². The van der Waals surface area contributed by atoms with E-state index in [-0.39, 0.29) is 24.7 Å². The number of carbonyl (C=O) groups is 2. The standard InChI is InChI=1S/C21H20F3N5O3/c1-12(2)29-18-13(10-26-29)8-14(11-25-18)27-19(30)17-6-7-28(20(17)31)15-4-3-5-16(9-15)32-21(22,23)24/h3-5,8-12,17H,6-7H2,1-2H3,(H,27,30)/t17-/m0/s1. The van der Waals surface area contributed by atoms with E-state index in [1.165, 1.54) is 23.2 Å². The van der Waals surface area contributed by atoms with Crippen LogP contribution in [0.1, 0.15) is 26.3 Å². The smallest absolute Gasteiger partial charge is 0.406 e. The Morgan fingerprint density at radius 3 is 2.75 bits per heavy atom. The first-order valence-electron chi connectivity index (χ1n) is 9.94. The Kier molecular flexibility index (Phi) is 5.49. The molecule has 1 N–H and O–H groups in total. The molecule has 0 unspecified atom stereocenters. The number of ether oxygens (including phenoxy) is 1. The third-order valence-corrected chi connectivity index (χ3v) is 5.07. The number of amides is 2. The molecule has 1 saturated heterocycles. The molecule has 0 bridgehead atoms. The van der Waals surface area contributed by atoms with Crippen molar-refractivity contribution < 1.29 is 27.5 Å². The van der Waals surface area contributed by atoms with E-state index >= 15 is 0 Å². The third-order valence-electron chi connectivity index (χ3n) is 5.07. The molecule has 1 aliphatic heterocycles. The first-order valence-corrected chi connectivity index (χ1v) is 9.94. The van der Waals surface area contributed by atoms with Crippen molar-refractivity contribution in [3.05, 3.63) is 42.7 Å². The lowest BCUT2D eigenvalue weighted by molar-refractivity contribution is -0.274. The monoisotopic (exact) mass is 447 g/mol. The SMILES string of the molecule is CC(C)n1ncc2cc(NC(=O)[C@@H]3CCN(c4cccc(OC(F)(F)F)c4)C3=O)cnc21. The van der Waals surface area contributed by atoms with Crippen LogP contribution in [0.5, 0.6) is 5.75 Å². The summed E-state index contributed by atoms with van der Waals surface area (Å²) in [6.45, 7) is 4.16. The fourth-order valence-corrected chi connectivity index (χ4v) is 3.64. The van der Waals surface area contributed by atoms with E-state index < -0.39 is 29.8 Å². The summed E-state index contributed by atoms with van der Waals surface area (Å²) in [4.78, 5) is 31.1. The number of alkyl halides is 3. The van der Waals surface area contributed by atoms with Crippen LogP contribution in [0.25, 0.3) is 11.0 Å². The molecule has 0 radical (unpaired) electrons. The Balaban J connectivity index is 1.46. The zero-order chi connectivity index (χ0) is 23.0. The lowest BCUT2D eigenvalue weighted by Crippen LogP contribution is -2.33. The molecule has 168 valence electrons. The van der Waals surface area contributed by atoms with Gasteiger partial charge in [0.05, 0.1) is 18.1 Å². The highest BCUT2D eigenvalue weighted by Crippen LogP contribution is 2.31. The number of fused-ring (bicyclic) bond motifs is 1. The van der Waals surface area contributed by atoms with Gasteiger partial charge >= 0.3 is 6.36 Å². The average molecular weight is 447 g/mol. The maximum absolute atomic E-state index is 12.8. The minimum absolute atomic E-state index is 0.127. The van der Waals surface area contributed by atoms with E-state index in [4.69, 9.17) is 0 Å². The van der Waals surface area contributed by atoms with Crippen molar-refractivity contribution in [1.82, 2.24) is 14.8 Å². The quantitative estimate of drug-likeness (QED) is 0.600. The van der Waals surface area contributed by atoms with Gasteiger partial charge in [-0.1, -0.05) is 6.07 Å². The Labute approximate surface area is 181 Å². The number of nitrogens with one attached hydrogen (secondary N) is 1. The molecule has 3 heterocycles. The van der Waals surface area contributed by atoms with E-state index in [0.29, 0.717) is 11.3 Å². The third kappa shape index (κ3) is 4.36. The molecule has 0 saturated carbocycles. The van der Waals surface area contributed by atoms with Crippen molar-refractivity contribution in [2.24, 2.45) is 5.92 Å². The largest absolute Gasteiger partial charge is 0.573 e. The molecule has 32 heavy (non-hydrogen) atoms. The maximum atomic E-state index is 12.8. The van der Waals surface area contributed by atoms with Gasteiger partial charge in [0.2, 0.25) is 11.8 Å². The first-order chi connectivity index (χ1) is 15.1. The maximum Gasteiger partial charge on any atom is 0.573 e. The van der Waals surface area contributed by atoms with E-state index in [1.54, 1.807) is 16.9 Å². The molecule has 8 nitrogen and oxygen atoms in total. The highest BCUT2D eigenvalue weighted by molar-refractivity contribution is 6.13. The Morgan fingerprint density at radius 2 is 2.03 bits per heavy atom. The molecule has 2 amide bonds. The van der Waals surface area contributed by atoms with Crippen molar-refractivity contribution >= 4 is 34.2 Å². The number of benzene rings is 1. The molecule has 0 aliphatic carbocycles. The van der Waals surface area contributed by atoms with Crippen LogP contribution in [-0.4, -0.2) is 39.5 Å². The number of hydrogen-bond acceptors (Lipinski definition) is 5. The predicted octanol–water partition coefficient (Wildman–Crippen LogP) is 3.90. The summed E-state index contributed by atoms with van der Waals surface area (Å²) in [5.41, 5.74) is 1.34. The van der Waals surface area contributed by atoms with E-state index in [1.807, 2.05) is 13.8 Å². The molecule has 3 aromatic rings. The second-order valence-electron chi connectivity index (χ2n) is 7.69. The van der Waals surface area contributed by atoms with Crippen LogP contribution >= 0.6 is 0 Å². The summed E-state index contributed by atoms with van der Waals surface area (Å²) in [5, 5.41) is 7.72. The van der Waals surface area contributed by atoms with Gasteiger partial charge in [0.1, 0.15) is 11.7 Å². The number of aromatic nitrogens is 3. The van der Waals surface area contributed by atoms with Gasteiger partial charge in [-0.3, -0.25) is 9.59 Å². The molecule has 1 atom stereocenters. The fourth-order valence-electron chi connectivity index (χ4n) is 3.64. The molecule has 0 spiro atoms. The number of halogens is 3. The number of anilines is 2. The topological polar surface area (TPSA) is 89.4 Å². The average Bonchev–Trinajstić information content (AvgIpc) is 3.30. The number of pyridine rings is 1. The van der Waals surface area contributed by atoms with Gasteiger partial charge in [-0.05, 0) is 38.5 Å². The Bertz CT molecular complexity index is 1170. The van der Waals surface area contributed by atoms with Gasteiger partial charge in [-0.25, -0.2) is 9.67 Å². The normalized spacial score (nSPS) is 16.8. The highest BCUT2D eigenvalue weighted by Gasteiger charge is 2.38. The molecule has 4 rings (SSSR count). The van der Waals surface area contributed by atoms with Crippen molar-refractivity contribution in [2.75, 3.05) is 16.8 Å². The Morgan fingerprint density at radius 1 is 1.25 bits per heavy atom. The van der Waals surface area contributed by atoms with Crippen LogP contribution in [0.3, 0.4) is 0 Å². The lowest BCUT2D eigenvalue weighted by atomic mass is 10.1. The molecule has 1 aliphatic rings. The molecule has 1 aromatic carbocycles. The summed E-state index contributed by atoms with van der Waals surface area (Å²) in [5.74, 6) is -2.39. The molecule has 1 fully saturated rings. The fraction of sp³-hybridized carbons (Fsp3) is 0.333. The zero-order valence-corrected chi connectivity index (χ0v) is 17.3. The van der Waals surface area contributed by atoms with Gasteiger partial charge < -0.3 is 15.0 Å². The number of hydrogen-bond donors (Lipinski definition) is 1. The number of carbonyl (C=O) groups excluding carboxylic acids is 2. The van der Waals surface area contributed by atoms with Crippen LogP contribution in [0, 0.1) is 5.92 Å². The minimum atomic E-state index is -4.84. The van der Waals surface area contributed by atoms with Crippen molar-refractivity contribution in [3.8, 4) is 5.75 Å². The summed E-state index contributed by atoms with van der Waals surface area (Å²) < 4.78 is 43.1. The van der Waals surface area contributed by atoms with Crippen LogP contribution in [0.2, 0.25) is 0 Å². The van der Waals surface area contributed by atoms with E-state index in [0.717, 1.165) is 17.5 Å². The second kappa shape index (κ2) is 8.13. The molecular weight excluding hydrogens is 427 g/mol. The lowest BCUT2D eigenvalue weighted by Gasteiger charge is -2.18. The van der Waals surface area contributed by atoms with Gasteiger partial charge in [0.25, 0.3) is 0 Å². The van der Waals surface area contributed by atoms with E-state index in [2.05, 4.69) is 20.1 Å². The summed E-state index contributed by atoms with van der Waals surface area (Å²) in [6.07, 6.45) is -1.46. The van der Waals surface area contributed by atoms with Crippen LogP contribution < -0.4 is 15.0 Å². The number of nitrogens with zero attached hydrogens (tertiary/aromatic N) is 4. The van der Waals surface area contributed by atoms with Crippen molar-refractivity contribution in [3.63, 3.8) is 0 Å². The van der Waals surface area contributed by atoms with Gasteiger partial charge in [0, 0.05) is 29.7 Å². The summed E-state index contributed by atoms with van der Waals surface area (Å²) in [7, 11) is 0. The zero-order valence-electron chi connectivity index (χ0n) is 17.3. The summed E-state index contributed by atoms with van der Waals surface area (Å²) >= 11 is 0. The second-order valence-corrected chi connectivity index (χ2v) is 7.69. The minimum Gasteiger partial charge on any atom is -0.406 e. The summed E-state index contributed by atoms with van der Waals surface area (Å²) in [6, 6.07) is 6.97. The molecule has 2 aromatic heterocycles. The number of rotatable bonds is 5. The van der Waals surface area contributed by atoms with Crippen molar-refractivity contribution in [2.45, 2.75) is 32.7 Å². The highest BCUT2D eigenvalue weighted by atomic mass is 19.4. The van der Waals surface area contributed by atoms with Crippen molar-refractivity contribution in [1.29, 1.82) is 0 Å². The first kappa shape index (κ1) is 21.6. The Hall–Kier alpha value is -3.63. The van der Waals surface area contributed by atoms with Gasteiger partial charge in [-0.15, -0.1) is 13.2 Å². The predicted molar refractivity (Wildman–Crippen MR) is 110 cm³/mol. The van der Waals surface area contributed by atoms with Crippen LogP contribution in [-0.2, 0) is 9.59 Å².